The minimum atomic E-state index is 0.276. The molecule has 1 heterocycles. The van der Waals surface area contributed by atoms with Gasteiger partial charge in [0.2, 0.25) is 0 Å². The molecule has 1 aliphatic heterocycles. The largest absolute Gasteiger partial charge is 0.360 e. The van der Waals surface area contributed by atoms with Gasteiger partial charge in [-0.1, -0.05) is 25.1 Å². The summed E-state index contributed by atoms with van der Waals surface area (Å²) in [6, 6.07) is 0.518. The molecule has 0 amide bonds. The van der Waals surface area contributed by atoms with Gasteiger partial charge in [-0.15, -0.1) is 0 Å². The molecule has 3 fully saturated rings. The molecule has 2 aliphatic carbocycles. The normalized spacial score (nSPS) is 45.4. The summed E-state index contributed by atoms with van der Waals surface area (Å²) in [5.74, 6) is 4.10. The summed E-state index contributed by atoms with van der Waals surface area (Å²) >= 11 is 1.93. The number of fused-ring (bicyclic) bond motifs is 2. The molecule has 0 aromatic carbocycles. The highest BCUT2D eigenvalue weighted by Gasteiger charge is 2.42. The Balaban J connectivity index is 1.64. The first-order valence-electron chi connectivity index (χ1n) is 8.08. The Morgan fingerprint density at radius 3 is 2.89 bits per heavy atom. The fraction of sp³-hybridized carbons (Fsp3) is 0.938. The fourth-order valence-corrected chi connectivity index (χ4v) is 5.54. The fourth-order valence-electron chi connectivity index (χ4n) is 4.23. The second-order valence-corrected chi connectivity index (χ2v) is 8.23. The molecule has 3 heteroatoms. The second kappa shape index (κ2) is 5.31. The molecular formula is C16H28N2S. The lowest BCUT2D eigenvalue weighted by Crippen LogP contribution is -2.48. The van der Waals surface area contributed by atoms with Crippen LogP contribution in [0, 0.1) is 17.8 Å². The topological polar surface area (TPSA) is 24.4 Å². The molecule has 1 N–H and O–H groups in total. The number of amidine groups is 1. The van der Waals surface area contributed by atoms with Gasteiger partial charge in [-0.25, -0.2) is 0 Å². The van der Waals surface area contributed by atoms with E-state index in [2.05, 4.69) is 26.1 Å². The van der Waals surface area contributed by atoms with E-state index in [4.69, 9.17) is 4.99 Å². The third kappa shape index (κ3) is 2.81. The van der Waals surface area contributed by atoms with Crippen molar-refractivity contribution in [2.75, 3.05) is 5.75 Å². The molecular weight excluding hydrogens is 252 g/mol. The van der Waals surface area contributed by atoms with E-state index >= 15 is 0 Å². The maximum Gasteiger partial charge on any atom is 0.157 e. The quantitative estimate of drug-likeness (QED) is 0.843. The minimum Gasteiger partial charge on any atom is -0.360 e. The number of hydrogen-bond acceptors (Lipinski definition) is 2. The van der Waals surface area contributed by atoms with E-state index in [0.29, 0.717) is 6.04 Å². The number of nitrogens with one attached hydrogen (secondary N) is 1. The van der Waals surface area contributed by atoms with E-state index in [0.717, 1.165) is 17.8 Å². The van der Waals surface area contributed by atoms with Gasteiger partial charge in [0.25, 0.3) is 0 Å². The molecule has 3 aliphatic rings. The first kappa shape index (κ1) is 13.8. The van der Waals surface area contributed by atoms with Crippen molar-refractivity contribution in [2.45, 2.75) is 70.9 Å². The summed E-state index contributed by atoms with van der Waals surface area (Å²) in [6.07, 6.45) is 8.35. The van der Waals surface area contributed by atoms with Crippen molar-refractivity contribution < 1.29 is 0 Å². The van der Waals surface area contributed by atoms with Crippen molar-refractivity contribution in [1.82, 2.24) is 5.32 Å². The van der Waals surface area contributed by atoms with Crippen LogP contribution in [0.25, 0.3) is 0 Å². The van der Waals surface area contributed by atoms with E-state index < -0.39 is 0 Å². The molecule has 0 spiro atoms. The van der Waals surface area contributed by atoms with Crippen LogP contribution in [0.1, 0.15) is 59.3 Å². The van der Waals surface area contributed by atoms with Crippen molar-refractivity contribution in [3.63, 3.8) is 0 Å². The van der Waals surface area contributed by atoms with Gasteiger partial charge in [-0.05, 0) is 63.7 Å². The molecule has 3 rings (SSSR count). The van der Waals surface area contributed by atoms with E-state index in [9.17, 15) is 0 Å². The minimum absolute atomic E-state index is 0.276. The Kier molecular flexibility index (Phi) is 3.85. The van der Waals surface area contributed by atoms with Crippen LogP contribution in [0.2, 0.25) is 0 Å². The maximum atomic E-state index is 5.05. The Labute approximate surface area is 122 Å². The predicted molar refractivity (Wildman–Crippen MR) is 84.7 cm³/mol. The van der Waals surface area contributed by atoms with Gasteiger partial charge < -0.3 is 5.32 Å². The molecule has 0 radical (unpaired) electrons. The molecule has 108 valence electrons. The van der Waals surface area contributed by atoms with Crippen LogP contribution < -0.4 is 5.32 Å². The number of aliphatic imine (C=N–C) groups is 1. The molecule has 5 atom stereocenters. The zero-order valence-electron chi connectivity index (χ0n) is 12.6. The molecule has 0 aromatic heterocycles. The van der Waals surface area contributed by atoms with Crippen LogP contribution in [0.15, 0.2) is 4.99 Å². The zero-order valence-corrected chi connectivity index (χ0v) is 13.4. The maximum absolute atomic E-state index is 5.05. The van der Waals surface area contributed by atoms with Crippen molar-refractivity contribution in [3.8, 4) is 0 Å². The third-order valence-corrected chi connectivity index (χ3v) is 6.70. The van der Waals surface area contributed by atoms with Crippen LogP contribution in [-0.2, 0) is 0 Å². The highest BCUT2D eigenvalue weighted by Crippen LogP contribution is 2.50. The molecule has 2 bridgehead atoms. The van der Waals surface area contributed by atoms with Gasteiger partial charge in [-0.2, -0.15) is 0 Å². The van der Waals surface area contributed by atoms with Crippen LogP contribution >= 0.6 is 11.8 Å². The van der Waals surface area contributed by atoms with Crippen molar-refractivity contribution in [3.05, 3.63) is 0 Å². The predicted octanol–water partition coefficient (Wildman–Crippen LogP) is 4.06. The number of nitrogens with zero attached hydrogens (tertiary/aromatic N) is 1. The van der Waals surface area contributed by atoms with E-state index in [-0.39, 0.29) is 5.54 Å². The summed E-state index contributed by atoms with van der Waals surface area (Å²) in [7, 11) is 0. The summed E-state index contributed by atoms with van der Waals surface area (Å²) in [6.45, 7) is 6.96. The van der Waals surface area contributed by atoms with E-state index in [1.54, 1.807) is 0 Å². The Hall–Kier alpha value is -0.180. The SMILES string of the molecule is CCC1(C)CCSC(=NC(C)C2CC3CCC2C3)N1. The van der Waals surface area contributed by atoms with Crippen molar-refractivity contribution >= 4 is 16.9 Å². The van der Waals surface area contributed by atoms with Crippen LogP contribution in [0.3, 0.4) is 0 Å². The van der Waals surface area contributed by atoms with Crippen LogP contribution in [0.4, 0.5) is 0 Å². The zero-order chi connectivity index (χ0) is 13.5. The summed E-state index contributed by atoms with van der Waals surface area (Å²) < 4.78 is 0. The van der Waals surface area contributed by atoms with Crippen molar-refractivity contribution in [2.24, 2.45) is 22.7 Å². The molecule has 5 unspecified atom stereocenters. The van der Waals surface area contributed by atoms with Crippen molar-refractivity contribution in [1.29, 1.82) is 0 Å². The van der Waals surface area contributed by atoms with Gasteiger partial charge in [0.1, 0.15) is 0 Å². The smallest absolute Gasteiger partial charge is 0.157 e. The third-order valence-electron chi connectivity index (χ3n) is 5.81. The molecule has 19 heavy (non-hydrogen) atoms. The Bertz CT molecular complexity index is 368. The first-order valence-corrected chi connectivity index (χ1v) is 9.07. The lowest BCUT2D eigenvalue weighted by molar-refractivity contribution is 0.293. The van der Waals surface area contributed by atoms with Gasteiger partial charge in [0, 0.05) is 11.3 Å². The average molecular weight is 280 g/mol. The van der Waals surface area contributed by atoms with Gasteiger partial charge in [-0.3, -0.25) is 4.99 Å². The highest BCUT2D eigenvalue weighted by atomic mass is 32.2. The molecule has 1 saturated heterocycles. The highest BCUT2D eigenvalue weighted by molar-refractivity contribution is 8.13. The van der Waals surface area contributed by atoms with E-state index in [1.165, 1.54) is 49.4 Å². The van der Waals surface area contributed by atoms with Crippen LogP contribution in [-0.4, -0.2) is 22.5 Å². The molecule has 0 aromatic rings. The molecule has 2 saturated carbocycles. The Morgan fingerprint density at radius 2 is 2.26 bits per heavy atom. The van der Waals surface area contributed by atoms with Gasteiger partial charge in [0.05, 0.1) is 6.04 Å². The van der Waals surface area contributed by atoms with Crippen LogP contribution in [0.5, 0.6) is 0 Å². The monoisotopic (exact) mass is 280 g/mol. The average Bonchev–Trinajstić information content (AvgIpc) is 3.01. The lowest BCUT2D eigenvalue weighted by Gasteiger charge is -2.36. The number of thioether (sulfide) groups is 1. The number of hydrogen-bond donors (Lipinski definition) is 1. The number of rotatable bonds is 3. The van der Waals surface area contributed by atoms with E-state index in [1.807, 2.05) is 11.8 Å². The second-order valence-electron chi connectivity index (χ2n) is 7.15. The first-order chi connectivity index (χ1) is 9.09. The lowest BCUT2D eigenvalue weighted by atomic mass is 9.84. The van der Waals surface area contributed by atoms with Gasteiger partial charge >= 0.3 is 0 Å². The van der Waals surface area contributed by atoms with Gasteiger partial charge in [0.15, 0.2) is 5.17 Å². The molecule has 2 nitrogen and oxygen atoms in total. The Morgan fingerprint density at radius 1 is 1.42 bits per heavy atom. The summed E-state index contributed by atoms with van der Waals surface area (Å²) in [5.41, 5.74) is 0.276. The summed E-state index contributed by atoms with van der Waals surface area (Å²) in [4.78, 5) is 5.05. The standard InChI is InChI=1S/C16H28N2S/c1-4-16(3)7-8-19-15(18-16)17-11(2)14-10-12-5-6-13(14)9-12/h11-14H,4-10H2,1-3H3,(H,17,18). The summed E-state index contributed by atoms with van der Waals surface area (Å²) in [5, 5.41) is 4.90.